The summed E-state index contributed by atoms with van der Waals surface area (Å²) in [7, 11) is 1.33. The van der Waals surface area contributed by atoms with Crippen molar-refractivity contribution in [1.29, 1.82) is 0 Å². The molecule has 0 spiro atoms. The van der Waals surface area contributed by atoms with Crippen molar-refractivity contribution in [2.24, 2.45) is 4.99 Å². The van der Waals surface area contributed by atoms with Crippen molar-refractivity contribution < 1.29 is 33.0 Å². The number of aromatic nitrogens is 1. The van der Waals surface area contributed by atoms with Crippen LogP contribution < -0.4 is 24.4 Å². The lowest BCUT2D eigenvalue weighted by Gasteiger charge is -2.24. The number of ether oxygens (including phenoxy) is 4. The number of benzene rings is 2. The number of methoxy groups -OCH3 is 1. The van der Waals surface area contributed by atoms with E-state index < -0.39 is 18.0 Å². The first-order chi connectivity index (χ1) is 19.9. The Balaban J connectivity index is 1.42. The third-order valence-corrected chi connectivity index (χ3v) is 7.70. The molecule has 0 aliphatic carbocycles. The fourth-order valence-electron chi connectivity index (χ4n) is 4.79. The molecule has 0 amide bonds. The van der Waals surface area contributed by atoms with Gasteiger partial charge < -0.3 is 23.4 Å². The van der Waals surface area contributed by atoms with E-state index in [0.29, 0.717) is 49.2 Å². The Morgan fingerprint density at radius 2 is 1.85 bits per heavy atom. The van der Waals surface area contributed by atoms with Gasteiger partial charge in [0.1, 0.15) is 11.5 Å². The second kappa shape index (κ2) is 10.6. The number of fused-ring (bicyclic) bond motifs is 2. The average Bonchev–Trinajstić information content (AvgIpc) is 3.71. The van der Waals surface area contributed by atoms with Gasteiger partial charge in [-0.05, 0) is 55.8 Å². The molecule has 41 heavy (non-hydrogen) atoms. The van der Waals surface area contributed by atoms with E-state index in [2.05, 4.69) is 4.99 Å². The number of rotatable bonds is 6. The monoisotopic (exact) mass is 572 g/mol. The fourth-order valence-corrected chi connectivity index (χ4v) is 5.82. The number of thiazole rings is 1. The van der Waals surface area contributed by atoms with Crippen LogP contribution in [0, 0.1) is 0 Å². The van der Waals surface area contributed by atoms with Crippen LogP contribution in [0.3, 0.4) is 0 Å². The standard InChI is InChI=1S/C30H24N2O8S/c1-4-37-29(35)25-16(2)31-30-32(26(25)19-9-11-22-23(13-19)39-15-38-22)27(33)24(41-30)14-20-10-12-21(40-20)17-5-7-18(8-6-17)28(34)36-3/h5-14,26H,4,15H2,1-3H3/b24-14-/t26-/m0/s1. The van der Waals surface area contributed by atoms with Crippen molar-refractivity contribution in [2.75, 3.05) is 20.5 Å². The number of carbonyl (C=O) groups excluding carboxylic acids is 2. The molecule has 0 fully saturated rings. The van der Waals surface area contributed by atoms with Crippen molar-refractivity contribution in [3.63, 3.8) is 0 Å². The molecule has 0 N–H and O–H groups in total. The highest BCUT2D eigenvalue weighted by atomic mass is 32.1. The highest BCUT2D eigenvalue weighted by Crippen LogP contribution is 2.38. The summed E-state index contributed by atoms with van der Waals surface area (Å²) in [6, 6.07) is 14.9. The van der Waals surface area contributed by atoms with E-state index in [1.54, 1.807) is 74.5 Å². The molecule has 0 saturated carbocycles. The molecule has 0 unspecified atom stereocenters. The normalized spacial score (nSPS) is 15.9. The molecular formula is C30H24N2O8S. The largest absolute Gasteiger partial charge is 0.465 e. The topological polar surface area (TPSA) is 119 Å². The first kappa shape index (κ1) is 26.3. The third-order valence-electron chi connectivity index (χ3n) is 6.72. The van der Waals surface area contributed by atoms with Gasteiger partial charge in [0.15, 0.2) is 16.3 Å². The Hall–Kier alpha value is -4.90. The van der Waals surface area contributed by atoms with Gasteiger partial charge in [0.05, 0.1) is 41.1 Å². The molecule has 0 radical (unpaired) electrons. The van der Waals surface area contributed by atoms with Crippen LogP contribution in [-0.4, -0.2) is 37.0 Å². The third kappa shape index (κ3) is 4.74. The smallest absolute Gasteiger partial charge is 0.338 e. The highest BCUT2D eigenvalue weighted by molar-refractivity contribution is 7.07. The maximum absolute atomic E-state index is 13.8. The van der Waals surface area contributed by atoms with Crippen LogP contribution in [0.15, 0.2) is 80.1 Å². The first-order valence-electron chi connectivity index (χ1n) is 12.8. The van der Waals surface area contributed by atoms with Gasteiger partial charge in [-0.15, -0.1) is 0 Å². The molecule has 11 heteroatoms. The molecule has 0 bridgehead atoms. The van der Waals surface area contributed by atoms with Gasteiger partial charge in [0.2, 0.25) is 6.79 Å². The Labute approximate surface area is 237 Å². The van der Waals surface area contributed by atoms with Crippen molar-refractivity contribution >= 4 is 29.4 Å². The molecule has 2 aromatic carbocycles. The summed E-state index contributed by atoms with van der Waals surface area (Å²) in [6.07, 6.45) is 1.65. The lowest BCUT2D eigenvalue weighted by Crippen LogP contribution is -2.39. The zero-order chi connectivity index (χ0) is 28.7. The molecule has 2 aliphatic heterocycles. The SMILES string of the molecule is CCOC(=O)C1=C(C)N=c2s/c(=C\c3ccc(-c4ccc(C(=O)OC)cc4)o3)c(=O)n2[C@H]1c1ccc2c(c1)OCO2. The summed E-state index contributed by atoms with van der Waals surface area (Å²) < 4.78 is 29.0. The van der Waals surface area contributed by atoms with Crippen molar-refractivity contribution in [3.05, 3.63) is 102 Å². The number of nitrogens with zero attached hydrogens (tertiary/aromatic N) is 2. The quantitative estimate of drug-likeness (QED) is 0.322. The maximum atomic E-state index is 13.8. The predicted molar refractivity (Wildman–Crippen MR) is 148 cm³/mol. The average molecular weight is 573 g/mol. The molecule has 0 saturated heterocycles. The number of esters is 2. The van der Waals surface area contributed by atoms with Crippen LogP contribution in [-0.2, 0) is 14.3 Å². The Morgan fingerprint density at radius 3 is 2.61 bits per heavy atom. The second-order valence-electron chi connectivity index (χ2n) is 9.19. The number of hydrogen-bond acceptors (Lipinski definition) is 10. The molecule has 10 nitrogen and oxygen atoms in total. The molecule has 208 valence electrons. The Kier molecular flexibility index (Phi) is 6.80. The summed E-state index contributed by atoms with van der Waals surface area (Å²) in [6.45, 7) is 3.74. The summed E-state index contributed by atoms with van der Waals surface area (Å²) in [5.41, 5.74) is 2.27. The lowest BCUT2D eigenvalue weighted by molar-refractivity contribution is -0.139. The van der Waals surface area contributed by atoms with E-state index in [1.807, 2.05) is 0 Å². The minimum Gasteiger partial charge on any atom is -0.465 e. The van der Waals surface area contributed by atoms with Crippen LogP contribution in [0.2, 0.25) is 0 Å². The molecule has 2 aliphatic rings. The van der Waals surface area contributed by atoms with Crippen LogP contribution in [0.1, 0.15) is 41.6 Å². The molecule has 4 aromatic rings. The Bertz CT molecular complexity index is 1900. The van der Waals surface area contributed by atoms with Gasteiger partial charge in [-0.2, -0.15) is 0 Å². The van der Waals surface area contributed by atoms with Crippen LogP contribution in [0.5, 0.6) is 11.5 Å². The highest BCUT2D eigenvalue weighted by Gasteiger charge is 2.34. The van der Waals surface area contributed by atoms with Crippen LogP contribution >= 0.6 is 11.3 Å². The zero-order valence-corrected chi connectivity index (χ0v) is 23.2. The van der Waals surface area contributed by atoms with Gasteiger partial charge in [0.25, 0.3) is 5.56 Å². The minimum atomic E-state index is -0.776. The zero-order valence-electron chi connectivity index (χ0n) is 22.3. The van der Waals surface area contributed by atoms with E-state index in [4.69, 9.17) is 23.4 Å². The van der Waals surface area contributed by atoms with Gasteiger partial charge in [-0.1, -0.05) is 29.5 Å². The van der Waals surface area contributed by atoms with Crippen LogP contribution in [0.25, 0.3) is 17.4 Å². The van der Waals surface area contributed by atoms with Gasteiger partial charge in [0, 0.05) is 11.6 Å². The molecule has 6 rings (SSSR count). The van der Waals surface area contributed by atoms with Crippen molar-refractivity contribution in [2.45, 2.75) is 19.9 Å². The molecule has 2 aromatic heterocycles. The van der Waals surface area contributed by atoms with E-state index >= 15 is 0 Å². The lowest BCUT2D eigenvalue weighted by atomic mass is 9.95. The van der Waals surface area contributed by atoms with Crippen LogP contribution in [0.4, 0.5) is 0 Å². The minimum absolute atomic E-state index is 0.0989. The van der Waals surface area contributed by atoms with E-state index in [0.717, 1.165) is 5.56 Å². The Morgan fingerprint density at radius 1 is 1.07 bits per heavy atom. The second-order valence-corrected chi connectivity index (χ2v) is 10.2. The number of hydrogen-bond donors (Lipinski definition) is 0. The molecule has 4 heterocycles. The predicted octanol–water partition coefficient (Wildman–Crippen LogP) is 3.57. The fraction of sp³-hybridized carbons (Fsp3) is 0.200. The molecular weight excluding hydrogens is 548 g/mol. The summed E-state index contributed by atoms with van der Waals surface area (Å²) >= 11 is 1.20. The number of furan rings is 1. The number of carbonyl (C=O) groups is 2. The van der Waals surface area contributed by atoms with Gasteiger partial charge in [-0.25, -0.2) is 14.6 Å². The summed E-state index contributed by atoms with van der Waals surface area (Å²) in [4.78, 5) is 43.7. The molecule has 1 atom stereocenters. The van der Waals surface area contributed by atoms with Gasteiger partial charge >= 0.3 is 11.9 Å². The van der Waals surface area contributed by atoms with E-state index in [-0.39, 0.29) is 24.5 Å². The maximum Gasteiger partial charge on any atom is 0.338 e. The summed E-state index contributed by atoms with van der Waals surface area (Å²) in [5.74, 6) is 1.19. The van der Waals surface area contributed by atoms with Crippen molar-refractivity contribution in [1.82, 2.24) is 4.57 Å². The van der Waals surface area contributed by atoms with E-state index in [9.17, 15) is 14.4 Å². The number of allylic oxidation sites excluding steroid dienone is 1. The van der Waals surface area contributed by atoms with Gasteiger partial charge in [-0.3, -0.25) is 9.36 Å². The van der Waals surface area contributed by atoms with E-state index in [1.165, 1.54) is 23.0 Å². The summed E-state index contributed by atoms with van der Waals surface area (Å²) in [5, 5.41) is 0. The van der Waals surface area contributed by atoms with Crippen molar-refractivity contribution in [3.8, 4) is 22.8 Å². The first-order valence-corrected chi connectivity index (χ1v) is 13.6.